The molecule has 0 radical (unpaired) electrons. The monoisotopic (exact) mass is 436 g/mol. The van der Waals surface area contributed by atoms with Crippen LogP contribution in [0.3, 0.4) is 0 Å². The number of benzene rings is 1. The van der Waals surface area contributed by atoms with Gasteiger partial charge in [0.05, 0.1) is 27.4 Å². The van der Waals surface area contributed by atoms with Gasteiger partial charge < -0.3 is 23.8 Å². The Morgan fingerprint density at radius 3 is 2.39 bits per heavy atom. The maximum atomic E-state index is 6.07. The molecule has 1 aromatic carbocycles. The van der Waals surface area contributed by atoms with E-state index in [0.29, 0.717) is 6.61 Å². The van der Waals surface area contributed by atoms with Crippen LogP contribution < -0.4 is 9.47 Å². The molecule has 0 aromatic heterocycles. The fourth-order valence-corrected chi connectivity index (χ4v) is 3.62. The topological polar surface area (TPSA) is 43.4 Å². The minimum absolute atomic E-state index is 0. The van der Waals surface area contributed by atoms with Crippen molar-refractivity contribution >= 4 is 24.8 Å². The Hall–Kier alpha value is -0.760. The molecule has 2 aliphatic heterocycles. The molecular formula is C20H34Cl2N2O4. The van der Waals surface area contributed by atoms with Crippen LogP contribution in [0.15, 0.2) is 12.1 Å². The molecule has 1 atom stereocenters. The van der Waals surface area contributed by atoms with Gasteiger partial charge in [-0.3, -0.25) is 4.90 Å². The third kappa shape index (κ3) is 6.65. The summed E-state index contributed by atoms with van der Waals surface area (Å²) in [5.74, 6) is 1.53. The number of hydrogen-bond donors (Lipinski definition) is 0. The zero-order valence-electron chi connectivity index (χ0n) is 17.1. The smallest absolute Gasteiger partial charge is 0.161 e. The SMILES string of the molecule is COc1cc2c(cc1OC)C(COCCN1CCN(C)CC1)OCCC2.Cl.Cl. The number of hydrogen-bond acceptors (Lipinski definition) is 6. The molecule has 0 amide bonds. The van der Waals surface area contributed by atoms with E-state index in [1.807, 2.05) is 6.07 Å². The maximum Gasteiger partial charge on any atom is 0.161 e. The lowest BCUT2D eigenvalue weighted by atomic mass is 9.99. The van der Waals surface area contributed by atoms with Crippen molar-refractivity contribution in [3.05, 3.63) is 23.3 Å². The van der Waals surface area contributed by atoms with Gasteiger partial charge in [-0.25, -0.2) is 0 Å². The molecule has 0 saturated carbocycles. The predicted octanol–water partition coefficient (Wildman–Crippen LogP) is 2.82. The molecule has 6 nitrogen and oxygen atoms in total. The second kappa shape index (κ2) is 12.7. The van der Waals surface area contributed by atoms with Gasteiger partial charge in [-0.1, -0.05) is 0 Å². The number of ether oxygens (including phenoxy) is 4. The van der Waals surface area contributed by atoms with Gasteiger partial charge in [0.1, 0.15) is 6.10 Å². The standard InChI is InChI=1S/C20H32N2O4.2ClH/c1-21-6-8-22(9-7-21)10-12-25-15-20-17-14-19(24-3)18(23-2)13-16(17)5-4-11-26-20;;/h13-14,20H,4-12,15H2,1-3H3;2*1H. The van der Waals surface area contributed by atoms with Crippen LogP contribution in [-0.4, -0.2) is 83.6 Å². The van der Waals surface area contributed by atoms with Crippen LogP contribution in [0.25, 0.3) is 0 Å². The van der Waals surface area contributed by atoms with E-state index in [2.05, 4.69) is 22.9 Å². The quantitative estimate of drug-likeness (QED) is 0.612. The summed E-state index contributed by atoms with van der Waals surface area (Å²) in [5, 5.41) is 0. The Balaban J connectivity index is 0.00000196. The molecule has 2 heterocycles. The number of piperazine rings is 1. The molecule has 2 aliphatic rings. The van der Waals surface area contributed by atoms with Crippen molar-refractivity contribution in [1.82, 2.24) is 9.80 Å². The number of halogens is 2. The summed E-state index contributed by atoms with van der Waals surface area (Å²) in [4.78, 5) is 4.84. The third-order valence-corrected chi connectivity index (χ3v) is 5.32. The zero-order valence-corrected chi connectivity index (χ0v) is 18.8. The largest absolute Gasteiger partial charge is 0.493 e. The van der Waals surface area contributed by atoms with Gasteiger partial charge in [0, 0.05) is 39.3 Å². The highest BCUT2D eigenvalue weighted by atomic mass is 35.5. The molecule has 1 aromatic rings. The van der Waals surface area contributed by atoms with E-state index < -0.39 is 0 Å². The molecule has 162 valence electrons. The normalized spacial score (nSPS) is 20.3. The molecule has 1 unspecified atom stereocenters. The van der Waals surface area contributed by atoms with E-state index >= 15 is 0 Å². The van der Waals surface area contributed by atoms with Gasteiger partial charge in [0.25, 0.3) is 0 Å². The number of nitrogens with zero attached hydrogens (tertiary/aromatic N) is 2. The number of fused-ring (bicyclic) bond motifs is 1. The van der Waals surface area contributed by atoms with Gasteiger partial charge in [0.2, 0.25) is 0 Å². The average Bonchev–Trinajstić information content (AvgIpc) is 2.87. The highest BCUT2D eigenvalue weighted by Crippen LogP contribution is 2.36. The van der Waals surface area contributed by atoms with E-state index in [-0.39, 0.29) is 30.9 Å². The first-order valence-corrected chi connectivity index (χ1v) is 9.56. The molecule has 0 spiro atoms. The first-order valence-electron chi connectivity index (χ1n) is 9.56. The van der Waals surface area contributed by atoms with Crippen LogP contribution in [0.1, 0.15) is 23.7 Å². The first-order chi connectivity index (χ1) is 12.7. The number of likely N-dealkylation sites (N-methyl/N-ethyl adjacent to an activating group) is 1. The average molecular weight is 437 g/mol. The van der Waals surface area contributed by atoms with Crippen LogP contribution in [0.2, 0.25) is 0 Å². The summed E-state index contributed by atoms with van der Waals surface area (Å²) >= 11 is 0. The molecular weight excluding hydrogens is 403 g/mol. The molecule has 28 heavy (non-hydrogen) atoms. The van der Waals surface area contributed by atoms with Crippen molar-refractivity contribution in [1.29, 1.82) is 0 Å². The fraction of sp³-hybridized carbons (Fsp3) is 0.700. The highest BCUT2D eigenvalue weighted by Gasteiger charge is 2.23. The second-order valence-electron chi connectivity index (χ2n) is 7.09. The Morgan fingerprint density at radius 2 is 1.71 bits per heavy atom. The van der Waals surface area contributed by atoms with Crippen LogP contribution in [0.4, 0.5) is 0 Å². The van der Waals surface area contributed by atoms with E-state index in [4.69, 9.17) is 18.9 Å². The number of methoxy groups -OCH3 is 2. The molecule has 0 aliphatic carbocycles. The van der Waals surface area contributed by atoms with Gasteiger partial charge >= 0.3 is 0 Å². The van der Waals surface area contributed by atoms with Crippen LogP contribution in [0.5, 0.6) is 11.5 Å². The van der Waals surface area contributed by atoms with Crippen molar-refractivity contribution in [3.8, 4) is 11.5 Å². The van der Waals surface area contributed by atoms with E-state index in [1.165, 1.54) is 11.1 Å². The first kappa shape index (κ1) is 25.3. The minimum Gasteiger partial charge on any atom is -0.493 e. The van der Waals surface area contributed by atoms with Crippen molar-refractivity contribution in [2.75, 3.05) is 73.8 Å². The number of aryl methyl sites for hydroxylation is 1. The molecule has 0 N–H and O–H groups in total. The summed E-state index contributed by atoms with van der Waals surface area (Å²) < 4.78 is 23.0. The van der Waals surface area contributed by atoms with Gasteiger partial charge in [-0.05, 0) is 43.1 Å². The summed E-state index contributed by atoms with van der Waals surface area (Å²) in [5.41, 5.74) is 2.44. The van der Waals surface area contributed by atoms with Gasteiger partial charge in [-0.2, -0.15) is 0 Å². The second-order valence-corrected chi connectivity index (χ2v) is 7.09. The van der Waals surface area contributed by atoms with Crippen molar-refractivity contribution in [2.45, 2.75) is 18.9 Å². The number of rotatable bonds is 7. The third-order valence-electron chi connectivity index (χ3n) is 5.32. The van der Waals surface area contributed by atoms with E-state index in [9.17, 15) is 0 Å². The van der Waals surface area contributed by atoms with E-state index in [1.54, 1.807) is 14.2 Å². The zero-order chi connectivity index (χ0) is 18.4. The molecule has 0 bridgehead atoms. The lowest BCUT2D eigenvalue weighted by molar-refractivity contribution is -0.0216. The molecule has 3 rings (SSSR count). The highest BCUT2D eigenvalue weighted by molar-refractivity contribution is 5.85. The van der Waals surface area contributed by atoms with Crippen molar-refractivity contribution in [2.24, 2.45) is 0 Å². The Morgan fingerprint density at radius 1 is 1.04 bits per heavy atom. The summed E-state index contributed by atoms with van der Waals surface area (Å²) in [6.45, 7) is 7.59. The maximum absolute atomic E-state index is 6.07. The van der Waals surface area contributed by atoms with Crippen LogP contribution in [-0.2, 0) is 15.9 Å². The minimum atomic E-state index is -0.0419. The lowest BCUT2D eigenvalue weighted by Gasteiger charge is -2.32. The van der Waals surface area contributed by atoms with E-state index in [0.717, 1.165) is 70.3 Å². The van der Waals surface area contributed by atoms with Gasteiger partial charge in [0.15, 0.2) is 11.5 Å². The van der Waals surface area contributed by atoms with Gasteiger partial charge in [-0.15, -0.1) is 24.8 Å². The molecule has 1 fully saturated rings. The Kier molecular flexibility index (Phi) is 11.5. The van der Waals surface area contributed by atoms with Crippen molar-refractivity contribution < 1.29 is 18.9 Å². The summed E-state index contributed by atoms with van der Waals surface area (Å²) in [6, 6.07) is 4.13. The van der Waals surface area contributed by atoms with Crippen LogP contribution >= 0.6 is 24.8 Å². The lowest BCUT2D eigenvalue weighted by Crippen LogP contribution is -2.45. The van der Waals surface area contributed by atoms with Crippen LogP contribution in [0, 0.1) is 0 Å². The van der Waals surface area contributed by atoms with Crippen molar-refractivity contribution in [3.63, 3.8) is 0 Å². The summed E-state index contributed by atoms with van der Waals surface area (Å²) in [7, 11) is 5.53. The predicted molar refractivity (Wildman–Crippen MR) is 116 cm³/mol. The molecule has 8 heteroatoms. The molecule has 1 saturated heterocycles. The summed E-state index contributed by atoms with van der Waals surface area (Å²) in [6.07, 6.45) is 1.97. The Bertz CT molecular complexity index is 584. The fourth-order valence-electron chi connectivity index (χ4n) is 3.62. The Labute approximate surface area is 181 Å².